The first-order chi connectivity index (χ1) is 9.15. The predicted molar refractivity (Wildman–Crippen MR) is 75.7 cm³/mol. The second kappa shape index (κ2) is 6.26. The molecule has 104 valence electrons. The second-order valence-corrected chi connectivity index (χ2v) is 5.23. The van der Waals surface area contributed by atoms with Gasteiger partial charge in [0.15, 0.2) is 0 Å². The van der Waals surface area contributed by atoms with Crippen LogP contribution in [-0.4, -0.2) is 37.6 Å². The summed E-state index contributed by atoms with van der Waals surface area (Å²) >= 11 is 6.05. The standard InChI is InChI=1S/C14H19ClN2O2/c1-19-13-3-2-11(8-12(13)15)14(18)17-6-4-10(9-16)5-7-17/h2-3,8,10H,4-7,9,16H2,1H3. The summed E-state index contributed by atoms with van der Waals surface area (Å²) in [5.74, 6) is 1.16. The van der Waals surface area contributed by atoms with Crippen LogP contribution in [0.5, 0.6) is 5.75 Å². The van der Waals surface area contributed by atoms with E-state index in [1.165, 1.54) is 0 Å². The Hall–Kier alpha value is -1.26. The summed E-state index contributed by atoms with van der Waals surface area (Å²) in [6.07, 6.45) is 1.96. The number of carbonyl (C=O) groups excluding carboxylic acids is 1. The second-order valence-electron chi connectivity index (χ2n) is 4.82. The van der Waals surface area contributed by atoms with E-state index in [4.69, 9.17) is 22.1 Å². The lowest BCUT2D eigenvalue weighted by molar-refractivity contribution is 0.0693. The van der Waals surface area contributed by atoms with E-state index in [0.717, 1.165) is 25.9 Å². The predicted octanol–water partition coefficient (Wildman–Crippen LogP) is 2.16. The molecule has 19 heavy (non-hydrogen) atoms. The van der Waals surface area contributed by atoms with Crippen molar-refractivity contribution >= 4 is 17.5 Å². The Kier molecular flexibility index (Phi) is 4.66. The number of benzene rings is 1. The fraction of sp³-hybridized carbons (Fsp3) is 0.500. The number of hydrogen-bond donors (Lipinski definition) is 1. The maximum absolute atomic E-state index is 12.3. The maximum Gasteiger partial charge on any atom is 0.253 e. The van der Waals surface area contributed by atoms with E-state index in [1.54, 1.807) is 25.3 Å². The number of rotatable bonds is 3. The SMILES string of the molecule is COc1ccc(C(=O)N2CCC(CN)CC2)cc1Cl. The molecule has 2 N–H and O–H groups in total. The number of carbonyl (C=O) groups is 1. The number of ether oxygens (including phenoxy) is 1. The van der Waals surface area contributed by atoms with Gasteiger partial charge < -0.3 is 15.4 Å². The molecule has 0 aliphatic carbocycles. The lowest BCUT2D eigenvalue weighted by atomic mass is 9.96. The average molecular weight is 283 g/mol. The molecule has 1 saturated heterocycles. The first-order valence-corrected chi connectivity index (χ1v) is 6.86. The van der Waals surface area contributed by atoms with Crippen LogP contribution >= 0.6 is 11.6 Å². The molecule has 0 unspecified atom stereocenters. The summed E-state index contributed by atoms with van der Waals surface area (Å²) in [5, 5.41) is 0.463. The first-order valence-electron chi connectivity index (χ1n) is 6.48. The van der Waals surface area contributed by atoms with Gasteiger partial charge in [-0.25, -0.2) is 0 Å². The van der Waals surface area contributed by atoms with Crippen molar-refractivity contribution in [1.29, 1.82) is 0 Å². The van der Waals surface area contributed by atoms with Gasteiger partial charge in [-0.15, -0.1) is 0 Å². The molecule has 0 bridgehead atoms. The molecular weight excluding hydrogens is 264 g/mol. The van der Waals surface area contributed by atoms with Crippen LogP contribution in [0.3, 0.4) is 0 Å². The molecule has 1 aliphatic rings. The number of methoxy groups -OCH3 is 1. The van der Waals surface area contributed by atoms with Crippen LogP contribution in [0.15, 0.2) is 18.2 Å². The molecule has 4 nitrogen and oxygen atoms in total. The highest BCUT2D eigenvalue weighted by Gasteiger charge is 2.23. The third-order valence-electron chi connectivity index (χ3n) is 3.63. The molecule has 5 heteroatoms. The molecule has 1 aliphatic heterocycles. The largest absolute Gasteiger partial charge is 0.495 e. The van der Waals surface area contributed by atoms with Gasteiger partial charge in [-0.2, -0.15) is 0 Å². The molecule has 1 heterocycles. The molecule has 1 aromatic rings. The van der Waals surface area contributed by atoms with E-state index >= 15 is 0 Å². The average Bonchev–Trinajstić information content (AvgIpc) is 2.46. The number of amides is 1. The number of likely N-dealkylation sites (tertiary alicyclic amines) is 1. The Balaban J connectivity index is 2.06. The van der Waals surface area contributed by atoms with Gasteiger partial charge in [0.2, 0.25) is 0 Å². The Labute approximate surface area is 118 Å². The van der Waals surface area contributed by atoms with Gasteiger partial charge >= 0.3 is 0 Å². The van der Waals surface area contributed by atoms with Crippen LogP contribution < -0.4 is 10.5 Å². The van der Waals surface area contributed by atoms with Crippen LogP contribution in [0.25, 0.3) is 0 Å². The summed E-state index contributed by atoms with van der Waals surface area (Å²) in [5.41, 5.74) is 6.26. The number of nitrogens with zero attached hydrogens (tertiary/aromatic N) is 1. The first kappa shape index (κ1) is 14.2. The van der Waals surface area contributed by atoms with Gasteiger partial charge in [0.05, 0.1) is 12.1 Å². The number of nitrogens with two attached hydrogens (primary N) is 1. The Morgan fingerprint density at radius 1 is 1.47 bits per heavy atom. The molecule has 1 fully saturated rings. The van der Waals surface area contributed by atoms with Gasteiger partial charge in [0.1, 0.15) is 5.75 Å². The highest BCUT2D eigenvalue weighted by Crippen LogP contribution is 2.26. The molecule has 0 atom stereocenters. The molecule has 1 aromatic carbocycles. The normalized spacial score (nSPS) is 16.5. The molecular formula is C14H19ClN2O2. The zero-order chi connectivity index (χ0) is 13.8. The number of hydrogen-bond acceptors (Lipinski definition) is 3. The highest BCUT2D eigenvalue weighted by atomic mass is 35.5. The minimum absolute atomic E-state index is 0.0278. The maximum atomic E-state index is 12.3. The van der Waals surface area contributed by atoms with Crippen LogP contribution in [0.4, 0.5) is 0 Å². The summed E-state index contributed by atoms with van der Waals surface area (Å²) in [6.45, 7) is 2.24. The van der Waals surface area contributed by atoms with Gasteiger partial charge in [-0.1, -0.05) is 11.6 Å². The Morgan fingerprint density at radius 2 is 2.16 bits per heavy atom. The van der Waals surface area contributed by atoms with Gasteiger partial charge in [0.25, 0.3) is 5.91 Å². The van der Waals surface area contributed by atoms with Crippen molar-refractivity contribution in [2.75, 3.05) is 26.7 Å². The van der Waals surface area contributed by atoms with E-state index < -0.39 is 0 Å². The third-order valence-corrected chi connectivity index (χ3v) is 3.93. The molecule has 1 amide bonds. The van der Waals surface area contributed by atoms with E-state index in [0.29, 0.717) is 28.8 Å². The number of piperidine rings is 1. The zero-order valence-corrected chi connectivity index (χ0v) is 11.8. The Bertz CT molecular complexity index is 457. The minimum Gasteiger partial charge on any atom is -0.495 e. The minimum atomic E-state index is 0.0278. The Morgan fingerprint density at radius 3 is 2.68 bits per heavy atom. The van der Waals surface area contributed by atoms with Crippen molar-refractivity contribution in [1.82, 2.24) is 4.90 Å². The van der Waals surface area contributed by atoms with Crippen molar-refractivity contribution < 1.29 is 9.53 Å². The van der Waals surface area contributed by atoms with E-state index in [-0.39, 0.29) is 5.91 Å². The quantitative estimate of drug-likeness (QED) is 0.924. The van der Waals surface area contributed by atoms with Crippen molar-refractivity contribution in [3.05, 3.63) is 28.8 Å². The molecule has 0 aromatic heterocycles. The molecule has 0 spiro atoms. The fourth-order valence-corrected chi connectivity index (χ4v) is 2.61. The van der Waals surface area contributed by atoms with Gasteiger partial charge in [-0.3, -0.25) is 4.79 Å². The highest BCUT2D eigenvalue weighted by molar-refractivity contribution is 6.32. The van der Waals surface area contributed by atoms with Crippen molar-refractivity contribution in [3.63, 3.8) is 0 Å². The van der Waals surface area contributed by atoms with Crippen molar-refractivity contribution in [2.45, 2.75) is 12.8 Å². The van der Waals surface area contributed by atoms with Gasteiger partial charge in [-0.05, 0) is 43.5 Å². The molecule has 0 radical (unpaired) electrons. The van der Waals surface area contributed by atoms with E-state index in [2.05, 4.69) is 0 Å². The smallest absolute Gasteiger partial charge is 0.253 e. The van der Waals surface area contributed by atoms with Crippen LogP contribution in [0, 0.1) is 5.92 Å². The monoisotopic (exact) mass is 282 g/mol. The summed E-state index contributed by atoms with van der Waals surface area (Å²) in [4.78, 5) is 14.2. The van der Waals surface area contributed by atoms with Gasteiger partial charge in [0, 0.05) is 18.7 Å². The van der Waals surface area contributed by atoms with Crippen LogP contribution in [0.1, 0.15) is 23.2 Å². The zero-order valence-electron chi connectivity index (χ0n) is 11.1. The van der Waals surface area contributed by atoms with Crippen LogP contribution in [-0.2, 0) is 0 Å². The fourth-order valence-electron chi connectivity index (χ4n) is 2.35. The molecule has 2 rings (SSSR count). The van der Waals surface area contributed by atoms with Crippen molar-refractivity contribution in [3.8, 4) is 5.75 Å². The molecule has 0 saturated carbocycles. The third kappa shape index (κ3) is 3.19. The summed E-state index contributed by atoms with van der Waals surface area (Å²) in [6, 6.07) is 5.14. The summed E-state index contributed by atoms with van der Waals surface area (Å²) in [7, 11) is 1.56. The van der Waals surface area contributed by atoms with Crippen molar-refractivity contribution in [2.24, 2.45) is 11.7 Å². The van der Waals surface area contributed by atoms with E-state index in [9.17, 15) is 4.79 Å². The lowest BCUT2D eigenvalue weighted by Gasteiger charge is -2.31. The summed E-state index contributed by atoms with van der Waals surface area (Å²) < 4.78 is 5.08. The number of halogens is 1. The lowest BCUT2D eigenvalue weighted by Crippen LogP contribution is -2.40. The topological polar surface area (TPSA) is 55.6 Å². The van der Waals surface area contributed by atoms with Crippen LogP contribution in [0.2, 0.25) is 5.02 Å². The van der Waals surface area contributed by atoms with E-state index in [1.807, 2.05) is 4.90 Å².